The first kappa shape index (κ1) is 10.9. The zero-order chi connectivity index (χ0) is 8.74. The van der Waals surface area contributed by atoms with Crippen LogP contribution >= 0.6 is 0 Å². The van der Waals surface area contributed by atoms with Crippen LogP contribution in [0.4, 0.5) is 0 Å². The van der Waals surface area contributed by atoms with Crippen LogP contribution in [-0.2, 0) is 4.74 Å². The number of ether oxygens (including phenoxy) is 1. The van der Waals surface area contributed by atoms with Crippen molar-refractivity contribution in [3.8, 4) is 0 Å². The van der Waals surface area contributed by atoms with E-state index in [9.17, 15) is 5.11 Å². The summed E-state index contributed by atoms with van der Waals surface area (Å²) < 4.78 is 4.85. The third kappa shape index (κ3) is 6.28. The van der Waals surface area contributed by atoms with Gasteiger partial charge in [-0.05, 0) is 13.3 Å². The first-order valence-corrected chi connectivity index (χ1v) is 4.04. The van der Waals surface area contributed by atoms with Gasteiger partial charge in [-0.3, -0.25) is 0 Å². The van der Waals surface area contributed by atoms with Crippen LogP contribution in [-0.4, -0.2) is 37.5 Å². The highest BCUT2D eigenvalue weighted by molar-refractivity contribution is 4.72. The zero-order valence-electron chi connectivity index (χ0n) is 7.68. The van der Waals surface area contributed by atoms with E-state index in [1.165, 1.54) is 0 Å². The number of rotatable bonds is 6. The summed E-state index contributed by atoms with van der Waals surface area (Å²) in [5, 5.41) is 12.6. The van der Waals surface area contributed by atoms with Gasteiger partial charge >= 0.3 is 0 Å². The Morgan fingerprint density at radius 3 is 2.64 bits per heavy atom. The minimum atomic E-state index is -0.576. The zero-order valence-corrected chi connectivity index (χ0v) is 7.68. The standard InChI is InChI=1S/C8H19NO2/c1-4-8(2,10)7-9-5-6-11-3/h9-10H,4-7H2,1-3H3. The van der Waals surface area contributed by atoms with E-state index >= 15 is 0 Å². The van der Waals surface area contributed by atoms with Crippen LogP contribution in [0.2, 0.25) is 0 Å². The Morgan fingerprint density at radius 2 is 2.18 bits per heavy atom. The van der Waals surface area contributed by atoms with Crippen molar-refractivity contribution >= 4 is 0 Å². The molecular weight excluding hydrogens is 142 g/mol. The molecule has 0 bridgehead atoms. The van der Waals surface area contributed by atoms with E-state index in [1.807, 2.05) is 13.8 Å². The van der Waals surface area contributed by atoms with E-state index in [4.69, 9.17) is 4.74 Å². The fourth-order valence-electron chi connectivity index (χ4n) is 0.657. The van der Waals surface area contributed by atoms with Crippen LogP contribution in [0.5, 0.6) is 0 Å². The molecule has 0 radical (unpaired) electrons. The predicted octanol–water partition coefficient (Wildman–Crippen LogP) is 0.383. The molecule has 1 atom stereocenters. The van der Waals surface area contributed by atoms with Crippen molar-refractivity contribution in [3.05, 3.63) is 0 Å². The number of hydrogen-bond donors (Lipinski definition) is 2. The summed E-state index contributed by atoms with van der Waals surface area (Å²) in [4.78, 5) is 0. The molecule has 0 saturated carbocycles. The normalized spacial score (nSPS) is 16.4. The molecule has 0 fully saturated rings. The lowest BCUT2D eigenvalue weighted by molar-refractivity contribution is 0.0540. The number of nitrogens with one attached hydrogen (secondary N) is 1. The Balaban J connectivity index is 3.23. The summed E-state index contributed by atoms with van der Waals surface area (Å²) >= 11 is 0. The van der Waals surface area contributed by atoms with Crippen molar-refractivity contribution in [2.75, 3.05) is 26.8 Å². The molecule has 11 heavy (non-hydrogen) atoms. The Bertz CT molecular complexity index is 94.1. The highest BCUT2D eigenvalue weighted by Gasteiger charge is 2.15. The monoisotopic (exact) mass is 161 g/mol. The third-order valence-corrected chi connectivity index (χ3v) is 1.75. The molecule has 0 aromatic carbocycles. The van der Waals surface area contributed by atoms with E-state index < -0.39 is 5.60 Å². The van der Waals surface area contributed by atoms with Crippen molar-refractivity contribution in [3.63, 3.8) is 0 Å². The molecule has 0 amide bonds. The molecular formula is C8H19NO2. The maximum absolute atomic E-state index is 9.52. The lowest BCUT2D eigenvalue weighted by atomic mass is 10.0. The van der Waals surface area contributed by atoms with Gasteiger partial charge in [0.1, 0.15) is 0 Å². The SMILES string of the molecule is CCC(C)(O)CNCCOC. The van der Waals surface area contributed by atoms with Gasteiger partial charge in [-0.25, -0.2) is 0 Å². The smallest absolute Gasteiger partial charge is 0.0741 e. The largest absolute Gasteiger partial charge is 0.389 e. The van der Waals surface area contributed by atoms with E-state index in [0.717, 1.165) is 13.0 Å². The van der Waals surface area contributed by atoms with Gasteiger partial charge in [-0.2, -0.15) is 0 Å². The molecule has 0 aromatic heterocycles. The van der Waals surface area contributed by atoms with E-state index in [1.54, 1.807) is 7.11 Å². The quantitative estimate of drug-likeness (QED) is 0.553. The Labute approximate surface area is 68.8 Å². The molecule has 0 aromatic rings. The topological polar surface area (TPSA) is 41.5 Å². The Hall–Kier alpha value is -0.120. The fourth-order valence-corrected chi connectivity index (χ4v) is 0.657. The van der Waals surface area contributed by atoms with E-state index in [2.05, 4.69) is 5.32 Å². The van der Waals surface area contributed by atoms with Gasteiger partial charge in [-0.15, -0.1) is 0 Å². The maximum atomic E-state index is 9.52. The van der Waals surface area contributed by atoms with Gasteiger partial charge in [-0.1, -0.05) is 6.92 Å². The van der Waals surface area contributed by atoms with Crippen molar-refractivity contribution in [1.82, 2.24) is 5.32 Å². The first-order valence-electron chi connectivity index (χ1n) is 4.04. The summed E-state index contributed by atoms with van der Waals surface area (Å²) in [5.74, 6) is 0. The molecule has 0 heterocycles. The molecule has 68 valence electrons. The summed E-state index contributed by atoms with van der Waals surface area (Å²) in [5.41, 5.74) is -0.576. The average molecular weight is 161 g/mol. The second-order valence-electron chi connectivity index (χ2n) is 3.02. The first-order chi connectivity index (χ1) is 5.12. The summed E-state index contributed by atoms with van der Waals surface area (Å²) in [6, 6.07) is 0. The second-order valence-corrected chi connectivity index (χ2v) is 3.02. The molecule has 1 unspecified atom stereocenters. The highest BCUT2D eigenvalue weighted by atomic mass is 16.5. The van der Waals surface area contributed by atoms with E-state index in [0.29, 0.717) is 13.2 Å². The van der Waals surface area contributed by atoms with Crippen molar-refractivity contribution in [1.29, 1.82) is 0 Å². The predicted molar refractivity (Wildman–Crippen MR) is 45.7 cm³/mol. The number of aliphatic hydroxyl groups is 1. The minimum Gasteiger partial charge on any atom is -0.389 e. The number of hydrogen-bond acceptors (Lipinski definition) is 3. The van der Waals surface area contributed by atoms with Gasteiger partial charge in [0, 0.05) is 20.2 Å². The van der Waals surface area contributed by atoms with Gasteiger partial charge in [0.2, 0.25) is 0 Å². The lowest BCUT2D eigenvalue weighted by Crippen LogP contribution is -2.38. The fraction of sp³-hybridized carbons (Fsp3) is 1.00. The van der Waals surface area contributed by atoms with Crippen LogP contribution in [0.15, 0.2) is 0 Å². The van der Waals surface area contributed by atoms with Crippen molar-refractivity contribution in [2.45, 2.75) is 25.9 Å². The minimum absolute atomic E-state index is 0.576. The molecule has 0 spiro atoms. The maximum Gasteiger partial charge on any atom is 0.0741 e. The Kier molecular flexibility index (Phi) is 5.46. The van der Waals surface area contributed by atoms with Crippen LogP contribution < -0.4 is 5.32 Å². The summed E-state index contributed by atoms with van der Waals surface area (Å²) in [6.07, 6.45) is 0.771. The molecule has 3 nitrogen and oxygen atoms in total. The second kappa shape index (κ2) is 5.52. The van der Waals surface area contributed by atoms with Crippen LogP contribution in [0.25, 0.3) is 0 Å². The molecule has 0 saturated heterocycles. The lowest BCUT2D eigenvalue weighted by Gasteiger charge is -2.21. The molecule has 0 aliphatic rings. The van der Waals surface area contributed by atoms with Gasteiger partial charge in [0.25, 0.3) is 0 Å². The molecule has 0 aliphatic carbocycles. The van der Waals surface area contributed by atoms with E-state index in [-0.39, 0.29) is 0 Å². The van der Waals surface area contributed by atoms with Gasteiger partial charge in [0.05, 0.1) is 12.2 Å². The average Bonchev–Trinajstić information content (AvgIpc) is 1.99. The van der Waals surface area contributed by atoms with Crippen LogP contribution in [0, 0.1) is 0 Å². The van der Waals surface area contributed by atoms with Gasteiger partial charge < -0.3 is 15.2 Å². The molecule has 0 rings (SSSR count). The van der Waals surface area contributed by atoms with Gasteiger partial charge in [0.15, 0.2) is 0 Å². The van der Waals surface area contributed by atoms with Crippen LogP contribution in [0.1, 0.15) is 20.3 Å². The highest BCUT2D eigenvalue weighted by Crippen LogP contribution is 2.05. The number of methoxy groups -OCH3 is 1. The summed E-state index contributed by atoms with van der Waals surface area (Å²) in [6.45, 7) is 5.92. The molecule has 0 aliphatic heterocycles. The Morgan fingerprint density at radius 1 is 1.55 bits per heavy atom. The van der Waals surface area contributed by atoms with Crippen molar-refractivity contribution < 1.29 is 9.84 Å². The molecule has 3 heteroatoms. The van der Waals surface area contributed by atoms with Crippen molar-refractivity contribution in [2.24, 2.45) is 0 Å². The van der Waals surface area contributed by atoms with Crippen LogP contribution in [0.3, 0.4) is 0 Å². The molecule has 2 N–H and O–H groups in total. The summed E-state index contributed by atoms with van der Waals surface area (Å²) in [7, 11) is 1.67. The third-order valence-electron chi connectivity index (χ3n) is 1.75.